The molecule has 146 valence electrons. The molecule has 1 fully saturated rings. The van der Waals surface area contributed by atoms with Crippen molar-refractivity contribution in [3.05, 3.63) is 69.2 Å². The fourth-order valence-electron chi connectivity index (χ4n) is 3.01. The van der Waals surface area contributed by atoms with E-state index >= 15 is 0 Å². The Morgan fingerprint density at radius 3 is 2.46 bits per heavy atom. The van der Waals surface area contributed by atoms with E-state index in [9.17, 15) is 19.7 Å². The number of hydrogen-bond donors (Lipinski definition) is 1. The zero-order valence-electron chi connectivity index (χ0n) is 15.0. The van der Waals surface area contributed by atoms with Gasteiger partial charge in [-0.05, 0) is 18.2 Å². The smallest absolute Gasteiger partial charge is 0.271 e. The van der Waals surface area contributed by atoms with Crippen LogP contribution in [0.15, 0.2) is 48.5 Å². The summed E-state index contributed by atoms with van der Waals surface area (Å²) in [6.45, 7) is 2.25. The van der Waals surface area contributed by atoms with Crippen LogP contribution in [0.4, 0.5) is 11.4 Å². The van der Waals surface area contributed by atoms with Gasteiger partial charge < -0.3 is 10.2 Å². The number of carbonyl (C=O) groups excluding carboxylic acids is 2. The van der Waals surface area contributed by atoms with Gasteiger partial charge in [0.1, 0.15) is 0 Å². The lowest BCUT2D eigenvalue weighted by atomic mass is 10.2. The highest BCUT2D eigenvalue weighted by Gasteiger charge is 2.24. The van der Waals surface area contributed by atoms with Gasteiger partial charge in [0.15, 0.2) is 0 Å². The van der Waals surface area contributed by atoms with E-state index in [4.69, 9.17) is 11.6 Å². The number of nitrogens with zero attached hydrogens (tertiary/aromatic N) is 3. The number of rotatable bonds is 5. The molecule has 0 saturated carbocycles. The fourth-order valence-corrected chi connectivity index (χ4v) is 3.23. The van der Waals surface area contributed by atoms with E-state index in [1.54, 1.807) is 35.2 Å². The number of non-ortho nitro benzene ring substituents is 1. The molecule has 1 heterocycles. The lowest BCUT2D eigenvalue weighted by Crippen LogP contribution is -2.50. The molecule has 2 amide bonds. The predicted molar refractivity (Wildman–Crippen MR) is 106 cm³/mol. The summed E-state index contributed by atoms with van der Waals surface area (Å²) in [4.78, 5) is 38.7. The normalized spacial score (nSPS) is 14.5. The van der Waals surface area contributed by atoms with Gasteiger partial charge in [-0.1, -0.05) is 29.8 Å². The minimum Gasteiger partial charge on any atom is -0.336 e. The highest BCUT2D eigenvalue weighted by molar-refractivity contribution is 6.33. The first kappa shape index (κ1) is 19.8. The number of nitrogens with one attached hydrogen (secondary N) is 1. The van der Waals surface area contributed by atoms with E-state index in [-0.39, 0.29) is 24.0 Å². The van der Waals surface area contributed by atoms with Crippen molar-refractivity contribution in [3.8, 4) is 0 Å². The summed E-state index contributed by atoms with van der Waals surface area (Å²) in [5.41, 5.74) is 0.775. The first-order valence-corrected chi connectivity index (χ1v) is 9.12. The fraction of sp³-hybridized carbons (Fsp3) is 0.263. The second kappa shape index (κ2) is 8.81. The molecule has 0 radical (unpaired) electrons. The van der Waals surface area contributed by atoms with E-state index < -0.39 is 4.92 Å². The number of piperazine rings is 1. The van der Waals surface area contributed by atoms with Gasteiger partial charge in [-0.2, -0.15) is 0 Å². The van der Waals surface area contributed by atoms with Crippen molar-refractivity contribution < 1.29 is 14.5 Å². The van der Waals surface area contributed by atoms with Crippen LogP contribution < -0.4 is 5.32 Å². The maximum absolute atomic E-state index is 12.6. The maximum Gasteiger partial charge on any atom is 0.271 e. The molecular weight excluding hydrogens is 384 g/mol. The lowest BCUT2D eigenvalue weighted by Gasteiger charge is -2.34. The van der Waals surface area contributed by atoms with Crippen LogP contribution in [0.1, 0.15) is 10.4 Å². The highest BCUT2D eigenvalue weighted by Crippen LogP contribution is 2.19. The third kappa shape index (κ3) is 4.85. The van der Waals surface area contributed by atoms with Crippen LogP contribution in [0, 0.1) is 10.1 Å². The first-order chi connectivity index (χ1) is 13.4. The number of nitro benzene ring substituents is 1. The van der Waals surface area contributed by atoms with Crippen molar-refractivity contribution in [2.45, 2.75) is 0 Å². The highest BCUT2D eigenvalue weighted by atomic mass is 35.5. The Kier molecular flexibility index (Phi) is 6.23. The monoisotopic (exact) mass is 402 g/mol. The van der Waals surface area contributed by atoms with Gasteiger partial charge in [-0.25, -0.2) is 0 Å². The number of hydrogen-bond acceptors (Lipinski definition) is 5. The zero-order chi connectivity index (χ0) is 20.1. The molecule has 1 aliphatic rings. The molecule has 0 spiro atoms. The summed E-state index contributed by atoms with van der Waals surface area (Å²) in [6.07, 6.45) is 0. The van der Waals surface area contributed by atoms with Crippen molar-refractivity contribution in [1.29, 1.82) is 0 Å². The molecule has 8 nitrogen and oxygen atoms in total. The minimum absolute atomic E-state index is 0.0792. The summed E-state index contributed by atoms with van der Waals surface area (Å²) in [7, 11) is 0. The largest absolute Gasteiger partial charge is 0.336 e. The number of benzene rings is 2. The van der Waals surface area contributed by atoms with Crippen molar-refractivity contribution in [2.24, 2.45) is 0 Å². The van der Waals surface area contributed by atoms with Crippen LogP contribution in [0.2, 0.25) is 5.02 Å². The van der Waals surface area contributed by atoms with Crippen LogP contribution in [0.5, 0.6) is 0 Å². The molecule has 1 aliphatic heterocycles. The van der Waals surface area contributed by atoms with Crippen LogP contribution >= 0.6 is 11.6 Å². The molecule has 0 atom stereocenters. The van der Waals surface area contributed by atoms with E-state index in [2.05, 4.69) is 5.32 Å². The Morgan fingerprint density at radius 1 is 1.07 bits per heavy atom. The Hall–Kier alpha value is -2.97. The third-order valence-corrected chi connectivity index (χ3v) is 4.80. The number of carbonyl (C=O) groups is 2. The molecule has 28 heavy (non-hydrogen) atoms. The SMILES string of the molecule is O=C(CN1CCN(C(=O)c2ccccc2Cl)CC1)Nc1cccc([N+](=O)[O-])c1. The van der Waals surface area contributed by atoms with Gasteiger partial charge in [-0.15, -0.1) is 0 Å². The van der Waals surface area contributed by atoms with Gasteiger partial charge in [-0.3, -0.25) is 24.6 Å². The molecule has 3 rings (SSSR count). The van der Waals surface area contributed by atoms with Gasteiger partial charge in [0.2, 0.25) is 5.91 Å². The number of anilines is 1. The van der Waals surface area contributed by atoms with E-state index in [1.807, 2.05) is 4.90 Å². The van der Waals surface area contributed by atoms with E-state index in [0.717, 1.165) is 0 Å². The molecule has 2 aromatic carbocycles. The van der Waals surface area contributed by atoms with Crippen molar-refractivity contribution >= 4 is 34.8 Å². The Labute approximate surface area is 166 Å². The van der Waals surface area contributed by atoms with Crippen LogP contribution in [-0.2, 0) is 4.79 Å². The quantitative estimate of drug-likeness (QED) is 0.612. The number of halogens is 1. The van der Waals surface area contributed by atoms with Crippen LogP contribution in [-0.4, -0.2) is 59.3 Å². The average Bonchev–Trinajstić information content (AvgIpc) is 2.68. The van der Waals surface area contributed by atoms with Crippen molar-refractivity contribution in [3.63, 3.8) is 0 Å². The van der Waals surface area contributed by atoms with Crippen LogP contribution in [0.3, 0.4) is 0 Å². The molecule has 1 N–H and O–H groups in total. The molecular formula is C19H19ClN4O4. The van der Waals surface area contributed by atoms with E-state index in [0.29, 0.717) is 42.5 Å². The maximum atomic E-state index is 12.6. The van der Waals surface area contributed by atoms with Gasteiger partial charge in [0, 0.05) is 44.0 Å². The summed E-state index contributed by atoms with van der Waals surface area (Å²) < 4.78 is 0. The molecule has 9 heteroatoms. The second-order valence-electron chi connectivity index (χ2n) is 6.40. The molecule has 0 aromatic heterocycles. The van der Waals surface area contributed by atoms with Crippen molar-refractivity contribution in [2.75, 3.05) is 38.0 Å². The Bertz CT molecular complexity index is 897. The van der Waals surface area contributed by atoms with Gasteiger partial charge >= 0.3 is 0 Å². The third-order valence-electron chi connectivity index (χ3n) is 4.47. The molecule has 0 aliphatic carbocycles. The summed E-state index contributed by atoms with van der Waals surface area (Å²) in [5, 5.41) is 13.9. The number of nitro groups is 1. The minimum atomic E-state index is -0.509. The van der Waals surface area contributed by atoms with E-state index in [1.165, 1.54) is 18.2 Å². The topological polar surface area (TPSA) is 95.8 Å². The zero-order valence-corrected chi connectivity index (χ0v) is 15.8. The number of amides is 2. The molecule has 2 aromatic rings. The Morgan fingerprint density at radius 2 is 1.79 bits per heavy atom. The van der Waals surface area contributed by atoms with Gasteiger partial charge in [0.05, 0.1) is 22.1 Å². The lowest BCUT2D eigenvalue weighted by molar-refractivity contribution is -0.384. The van der Waals surface area contributed by atoms with Crippen LogP contribution in [0.25, 0.3) is 0 Å². The predicted octanol–water partition coefficient (Wildman–Crippen LogP) is 2.64. The summed E-state index contributed by atoms with van der Waals surface area (Å²) in [5.74, 6) is -0.377. The first-order valence-electron chi connectivity index (χ1n) is 8.74. The molecule has 0 bridgehead atoms. The molecule has 1 saturated heterocycles. The summed E-state index contributed by atoms with van der Waals surface area (Å²) in [6, 6.07) is 12.7. The average molecular weight is 403 g/mol. The standard InChI is InChI=1S/C19H19ClN4O4/c20-17-7-2-1-6-16(17)19(26)23-10-8-22(9-11-23)13-18(25)21-14-4-3-5-15(12-14)24(27)28/h1-7,12H,8-11,13H2,(H,21,25). The Balaban J connectivity index is 1.51. The molecule has 0 unspecified atom stereocenters. The van der Waals surface area contributed by atoms with Gasteiger partial charge in [0.25, 0.3) is 11.6 Å². The summed E-state index contributed by atoms with van der Waals surface area (Å²) >= 11 is 6.09. The second-order valence-corrected chi connectivity index (χ2v) is 6.81. The van der Waals surface area contributed by atoms with Crippen molar-refractivity contribution in [1.82, 2.24) is 9.80 Å².